The van der Waals surface area contributed by atoms with Crippen molar-refractivity contribution >= 4 is 5.97 Å². The molecule has 20 heavy (non-hydrogen) atoms. The van der Waals surface area contributed by atoms with Gasteiger partial charge in [-0.15, -0.1) is 0 Å². The van der Waals surface area contributed by atoms with Crippen molar-refractivity contribution < 1.29 is 9.53 Å². The molecule has 0 fully saturated rings. The Hall–Kier alpha value is -2.37. The molecule has 0 saturated heterocycles. The van der Waals surface area contributed by atoms with E-state index in [1.165, 1.54) is 6.07 Å². The summed E-state index contributed by atoms with van der Waals surface area (Å²) in [4.78, 5) is 25.7. The highest BCUT2D eigenvalue weighted by Gasteiger charge is 2.11. The van der Waals surface area contributed by atoms with Crippen molar-refractivity contribution in [3.63, 3.8) is 0 Å². The Kier molecular flexibility index (Phi) is 4.02. The Labute approximate surface area is 116 Å². The highest BCUT2D eigenvalue weighted by atomic mass is 16.5. The molecule has 6 heteroatoms. The molecule has 0 unspecified atom stereocenters. The second-order valence-electron chi connectivity index (χ2n) is 4.71. The van der Waals surface area contributed by atoms with E-state index < -0.39 is 5.97 Å². The minimum Gasteiger partial charge on any atom is -0.462 e. The standard InChI is InChI=1S/C14H17N3O3/c1-8-6-11(7-13(18)15-8)14(19)20-5-4-12-9(2)16-17-10(12)3/h6-7H,4-5H2,1-3H3,(H,15,18)(H,16,17). The van der Waals surface area contributed by atoms with Gasteiger partial charge in [0.1, 0.15) is 0 Å². The van der Waals surface area contributed by atoms with Gasteiger partial charge in [-0.1, -0.05) is 0 Å². The van der Waals surface area contributed by atoms with E-state index in [1.807, 2.05) is 13.8 Å². The zero-order valence-corrected chi connectivity index (χ0v) is 11.7. The first-order chi connectivity index (χ1) is 9.47. The van der Waals surface area contributed by atoms with Crippen LogP contribution >= 0.6 is 0 Å². The molecule has 0 amide bonds. The smallest absolute Gasteiger partial charge is 0.338 e. The van der Waals surface area contributed by atoms with E-state index >= 15 is 0 Å². The summed E-state index contributed by atoms with van der Waals surface area (Å²) in [6, 6.07) is 2.84. The Morgan fingerprint density at radius 2 is 2.05 bits per heavy atom. The van der Waals surface area contributed by atoms with Gasteiger partial charge in [-0.05, 0) is 32.4 Å². The lowest BCUT2D eigenvalue weighted by Gasteiger charge is -2.05. The third-order valence-corrected chi connectivity index (χ3v) is 3.08. The molecule has 6 nitrogen and oxygen atoms in total. The van der Waals surface area contributed by atoms with Crippen molar-refractivity contribution in [3.8, 4) is 0 Å². The lowest BCUT2D eigenvalue weighted by atomic mass is 10.1. The van der Waals surface area contributed by atoms with Crippen LogP contribution in [0, 0.1) is 20.8 Å². The van der Waals surface area contributed by atoms with Gasteiger partial charge >= 0.3 is 5.97 Å². The Bertz CT molecular complexity index is 666. The lowest BCUT2D eigenvalue weighted by Crippen LogP contribution is -2.14. The number of nitrogens with one attached hydrogen (secondary N) is 2. The molecule has 106 valence electrons. The van der Waals surface area contributed by atoms with Gasteiger partial charge in [-0.2, -0.15) is 5.10 Å². The topological polar surface area (TPSA) is 87.8 Å². The van der Waals surface area contributed by atoms with E-state index in [9.17, 15) is 9.59 Å². The first kappa shape index (κ1) is 14.0. The first-order valence-electron chi connectivity index (χ1n) is 6.36. The molecule has 0 aliphatic heterocycles. The summed E-state index contributed by atoms with van der Waals surface area (Å²) in [5.74, 6) is -0.488. The molecule has 2 N–H and O–H groups in total. The Balaban J connectivity index is 1.97. The van der Waals surface area contributed by atoms with Gasteiger partial charge in [0, 0.05) is 23.9 Å². The zero-order valence-electron chi connectivity index (χ0n) is 11.7. The molecule has 0 atom stereocenters. The number of carbonyl (C=O) groups excluding carboxylic acids is 1. The van der Waals surface area contributed by atoms with Crippen LogP contribution in [0.1, 0.15) is 33.0 Å². The van der Waals surface area contributed by atoms with Gasteiger partial charge in [0.05, 0.1) is 17.9 Å². The first-order valence-corrected chi connectivity index (χ1v) is 6.36. The van der Waals surface area contributed by atoms with Gasteiger partial charge in [0.15, 0.2) is 0 Å². The van der Waals surface area contributed by atoms with Gasteiger partial charge in [-0.25, -0.2) is 4.79 Å². The van der Waals surface area contributed by atoms with Crippen LogP contribution in [0.2, 0.25) is 0 Å². The molecule has 0 radical (unpaired) electrons. The van der Waals surface area contributed by atoms with Crippen LogP contribution < -0.4 is 5.56 Å². The monoisotopic (exact) mass is 275 g/mol. The third-order valence-electron chi connectivity index (χ3n) is 3.08. The molecule has 0 aliphatic rings. The highest BCUT2D eigenvalue weighted by molar-refractivity contribution is 5.89. The van der Waals surface area contributed by atoms with Crippen LogP contribution in [-0.2, 0) is 11.2 Å². The van der Waals surface area contributed by atoms with E-state index in [2.05, 4.69) is 15.2 Å². The van der Waals surface area contributed by atoms with Crippen LogP contribution in [0.5, 0.6) is 0 Å². The van der Waals surface area contributed by atoms with Crippen molar-refractivity contribution in [1.82, 2.24) is 15.2 Å². The molecule has 0 spiro atoms. The molecule has 0 aromatic carbocycles. The quantitative estimate of drug-likeness (QED) is 0.826. The number of pyridine rings is 1. The Morgan fingerprint density at radius 1 is 1.30 bits per heavy atom. The summed E-state index contributed by atoms with van der Waals surface area (Å²) in [5, 5.41) is 6.97. The summed E-state index contributed by atoms with van der Waals surface area (Å²) >= 11 is 0. The molecular weight excluding hydrogens is 258 g/mol. The zero-order chi connectivity index (χ0) is 14.7. The van der Waals surface area contributed by atoms with Gasteiger partial charge in [0.25, 0.3) is 0 Å². The molecule has 2 aromatic rings. The number of hydrogen-bond acceptors (Lipinski definition) is 4. The molecule has 0 aliphatic carbocycles. The number of nitrogens with zero attached hydrogens (tertiary/aromatic N) is 1. The minimum absolute atomic E-state index is 0.256. The summed E-state index contributed by atoms with van der Waals surface area (Å²) < 4.78 is 5.19. The van der Waals surface area contributed by atoms with Crippen molar-refractivity contribution in [2.24, 2.45) is 0 Å². The number of rotatable bonds is 4. The van der Waals surface area contributed by atoms with Gasteiger partial charge < -0.3 is 9.72 Å². The lowest BCUT2D eigenvalue weighted by molar-refractivity contribution is 0.0508. The number of aryl methyl sites for hydroxylation is 3. The number of aromatic amines is 2. The predicted molar refractivity (Wildman–Crippen MR) is 73.8 cm³/mol. The van der Waals surface area contributed by atoms with Gasteiger partial charge in [-0.3, -0.25) is 9.89 Å². The molecule has 0 bridgehead atoms. The number of aromatic nitrogens is 3. The number of ether oxygens (including phenoxy) is 1. The summed E-state index contributed by atoms with van der Waals surface area (Å²) in [7, 11) is 0. The van der Waals surface area contributed by atoms with Crippen LogP contribution in [0.25, 0.3) is 0 Å². The SMILES string of the molecule is Cc1cc(C(=O)OCCc2c(C)n[nH]c2C)cc(=O)[nH]1. The largest absolute Gasteiger partial charge is 0.462 e. The van der Waals surface area contributed by atoms with Crippen LogP contribution in [0.4, 0.5) is 0 Å². The summed E-state index contributed by atoms with van der Waals surface area (Å²) in [6.07, 6.45) is 0.599. The van der Waals surface area contributed by atoms with Crippen LogP contribution in [0.15, 0.2) is 16.9 Å². The molecule has 0 saturated carbocycles. The fourth-order valence-electron chi connectivity index (χ4n) is 2.07. The third kappa shape index (κ3) is 3.14. The maximum absolute atomic E-state index is 11.8. The maximum Gasteiger partial charge on any atom is 0.338 e. The Morgan fingerprint density at radius 3 is 2.65 bits per heavy atom. The average molecular weight is 275 g/mol. The maximum atomic E-state index is 11.8. The predicted octanol–water partition coefficient (Wildman–Crippen LogP) is 1.42. The number of esters is 1. The minimum atomic E-state index is -0.488. The average Bonchev–Trinajstić information content (AvgIpc) is 2.69. The highest BCUT2D eigenvalue weighted by Crippen LogP contribution is 2.10. The number of H-pyrrole nitrogens is 2. The van der Waals surface area contributed by atoms with E-state index in [0.29, 0.717) is 12.1 Å². The second-order valence-corrected chi connectivity index (χ2v) is 4.71. The summed E-state index contributed by atoms with van der Waals surface area (Å²) in [5.41, 5.74) is 3.53. The second kappa shape index (κ2) is 5.73. The number of hydrogen-bond donors (Lipinski definition) is 2. The van der Waals surface area contributed by atoms with Crippen molar-refractivity contribution in [1.29, 1.82) is 0 Å². The molecule has 2 aromatic heterocycles. The van der Waals surface area contributed by atoms with Gasteiger partial charge in [0.2, 0.25) is 5.56 Å². The molecular formula is C14H17N3O3. The van der Waals surface area contributed by atoms with Crippen molar-refractivity contribution in [3.05, 3.63) is 50.7 Å². The van der Waals surface area contributed by atoms with E-state index in [1.54, 1.807) is 13.0 Å². The summed E-state index contributed by atoms with van der Waals surface area (Å²) in [6.45, 7) is 5.81. The van der Waals surface area contributed by atoms with Crippen molar-refractivity contribution in [2.75, 3.05) is 6.61 Å². The normalized spacial score (nSPS) is 10.6. The molecule has 2 rings (SSSR count). The van der Waals surface area contributed by atoms with Crippen molar-refractivity contribution in [2.45, 2.75) is 27.2 Å². The molecule has 2 heterocycles. The van der Waals surface area contributed by atoms with Crippen LogP contribution in [-0.4, -0.2) is 27.8 Å². The van der Waals surface area contributed by atoms with E-state index in [4.69, 9.17) is 4.74 Å². The van der Waals surface area contributed by atoms with E-state index in [-0.39, 0.29) is 17.7 Å². The fourth-order valence-corrected chi connectivity index (χ4v) is 2.07. The van der Waals surface area contributed by atoms with Crippen LogP contribution in [0.3, 0.4) is 0 Å². The fraction of sp³-hybridized carbons (Fsp3) is 0.357. The number of carbonyl (C=O) groups is 1. The van der Waals surface area contributed by atoms with E-state index in [0.717, 1.165) is 17.0 Å².